The van der Waals surface area contributed by atoms with Crippen molar-refractivity contribution in [1.82, 2.24) is 0 Å². The van der Waals surface area contributed by atoms with Gasteiger partial charge in [-0.25, -0.2) is 0 Å². The molecule has 14 heavy (non-hydrogen) atoms. The smallest absolute Gasteiger partial charge is 0.179 e. The third kappa shape index (κ3) is 2.96. The van der Waals surface area contributed by atoms with E-state index in [1.807, 2.05) is 30.3 Å². The van der Waals surface area contributed by atoms with Gasteiger partial charge in [0.15, 0.2) is 5.78 Å². The zero-order chi connectivity index (χ0) is 10.4. The van der Waals surface area contributed by atoms with Gasteiger partial charge in [-0.15, -0.1) is 0 Å². The van der Waals surface area contributed by atoms with E-state index in [0.29, 0.717) is 0 Å². The molecule has 2 nitrogen and oxygen atoms in total. The SMILES string of the molecule is CCCC[C@H](N)C(=O)c1ccccc1. The first-order valence-corrected chi connectivity index (χ1v) is 5.10. The number of Topliss-reactive ketones (excluding diaryl/α,β-unsaturated/α-hetero) is 1. The fourth-order valence-corrected chi connectivity index (χ4v) is 1.37. The first-order chi connectivity index (χ1) is 6.75. The van der Waals surface area contributed by atoms with Crippen molar-refractivity contribution in [3.63, 3.8) is 0 Å². The number of carbonyl (C=O) groups excluding carboxylic acids is 1. The molecule has 76 valence electrons. The molecule has 0 fully saturated rings. The Labute approximate surface area is 85.1 Å². The Morgan fingerprint density at radius 1 is 1.36 bits per heavy atom. The van der Waals surface area contributed by atoms with E-state index in [2.05, 4.69) is 6.92 Å². The van der Waals surface area contributed by atoms with Gasteiger partial charge < -0.3 is 5.73 Å². The average molecular weight is 191 g/mol. The van der Waals surface area contributed by atoms with Crippen molar-refractivity contribution < 1.29 is 4.79 Å². The maximum atomic E-state index is 11.7. The molecule has 0 saturated heterocycles. The minimum Gasteiger partial charge on any atom is -0.321 e. The van der Waals surface area contributed by atoms with Crippen LogP contribution >= 0.6 is 0 Å². The van der Waals surface area contributed by atoms with E-state index < -0.39 is 0 Å². The van der Waals surface area contributed by atoms with Gasteiger partial charge in [-0.05, 0) is 6.42 Å². The summed E-state index contributed by atoms with van der Waals surface area (Å²) in [7, 11) is 0. The highest BCUT2D eigenvalue weighted by atomic mass is 16.1. The van der Waals surface area contributed by atoms with Crippen LogP contribution in [-0.2, 0) is 0 Å². The number of ketones is 1. The van der Waals surface area contributed by atoms with E-state index in [9.17, 15) is 4.79 Å². The molecule has 2 N–H and O–H groups in total. The highest BCUT2D eigenvalue weighted by molar-refractivity contribution is 5.99. The second kappa shape index (κ2) is 5.55. The minimum absolute atomic E-state index is 0.0547. The van der Waals surface area contributed by atoms with Gasteiger partial charge in [0.2, 0.25) is 0 Å². The van der Waals surface area contributed by atoms with Crippen LogP contribution in [0.4, 0.5) is 0 Å². The maximum Gasteiger partial charge on any atom is 0.179 e. The summed E-state index contributed by atoms with van der Waals surface area (Å²) in [5.74, 6) is 0.0547. The fraction of sp³-hybridized carbons (Fsp3) is 0.417. The Balaban J connectivity index is 2.57. The van der Waals surface area contributed by atoms with Crippen LogP contribution in [0, 0.1) is 0 Å². The topological polar surface area (TPSA) is 43.1 Å². The second-order valence-corrected chi connectivity index (χ2v) is 3.48. The molecular weight excluding hydrogens is 174 g/mol. The molecule has 0 aliphatic rings. The van der Waals surface area contributed by atoms with Crippen LogP contribution in [0.2, 0.25) is 0 Å². The Morgan fingerprint density at radius 2 is 2.00 bits per heavy atom. The molecule has 0 heterocycles. The lowest BCUT2D eigenvalue weighted by Crippen LogP contribution is -2.30. The molecule has 0 saturated carbocycles. The third-order valence-electron chi connectivity index (χ3n) is 2.26. The molecular formula is C12H17NO. The Hall–Kier alpha value is -1.15. The lowest BCUT2D eigenvalue weighted by atomic mass is 10.0. The van der Waals surface area contributed by atoms with E-state index in [1.165, 1.54) is 0 Å². The highest BCUT2D eigenvalue weighted by Gasteiger charge is 2.13. The van der Waals surface area contributed by atoms with Crippen LogP contribution < -0.4 is 5.73 Å². The van der Waals surface area contributed by atoms with Gasteiger partial charge in [-0.2, -0.15) is 0 Å². The van der Waals surface area contributed by atoms with Crippen molar-refractivity contribution >= 4 is 5.78 Å². The van der Waals surface area contributed by atoms with E-state index in [0.717, 1.165) is 24.8 Å². The van der Waals surface area contributed by atoms with Gasteiger partial charge in [0.1, 0.15) is 0 Å². The molecule has 1 aromatic rings. The van der Waals surface area contributed by atoms with Crippen LogP contribution in [0.25, 0.3) is 0 Å². The summed E-state index contributed by atoms with van der Waals surface area (Å²) >= 11 is 0. The molecule has 0 bridgehead atoms. The quantitative estimate of drug-likeness (QED) is 0.726. The lowest BCUT2D eigenvalue weighted by Gasteiger charge is -2.09. The summed E-state index contributed by atoms with van der Waals surface area (Å²) in [6.45, 7) is 2.10. The first-order valence-electron chi connectivity index (χ1n) is 5.10. The Bertz CT molecular complexity index is 282. The normalized spacial score (nSPS) is 12.4. The van der Waals surface area contributed by atoms with Crippen molar-refractivity contribution in [2.45, 2.75) is 32.2 Å². The summed E-state index contributed by atoms with van der Waals surface area (Å²) in [4.78, 5) is 11.7. The second-order valence-electron chi connectivity index (χ2n) is 3.48. The maximum absolute atomic E-state index is 11.7. The summed E-state index contributed by atoms with van der Waals surface area (Å²) in [6.07, 6.45) is 2.87. The monoisotopic (exact) mass is 191 g/mol. The van der Waals surface area contributed by atoms with Crippen molar-refractivity contribution in [3.8, 4) is 0 Å². The summed E-state index contributed by atoms with van der Waals surface area (Å²) in [5, 5.41) is 0. The summed E-state index contributed by atoms with van der Waals surface area (Å²) in [6, 6.07) is 8.91. The van der Waals surface area contributed by atoms with Crippen molar-refractivity contribution in [2.24, 2.45) is 5.73 Å². The molecule has 1 atom stereocenters. The Kier molecular flexibility index (Phi) is 4.33. The van der Waals surface area contributed by atoms with Crippen molar-refractivity contribution in [2.75, 3.05) is 0 Å². The predicted molar refractivity (Wildman–Crippen MR) is 58.3 cm³/mol. The first kappa shape index (κ1) is 10.9. The lowest BCUT2D eigenvalue weighted by molar-refractivity contribution is 0.0956. The zero-order valence-electron chi connectivity index (χ0n) is 8.57. The third-order valence-corrected chi connectivity index (χ3v) is 2.26. The van der Waals surface area contributed by atoms with Crippen molar-refractivity contribution in [1.29, 1.82) is 0 Å². The summed E-state index contributed by atoms with van der Waals surface area (Å²) < 4.78 is 0. The molecule has 0 aromatic heterocycles. The van der Waals surface area contributed by atoms with Gasteiger partial charge in [-0.3, -0.25) is 4.79 Å². The standard InChI is InChI=1S/C12H17NO/c1-2-3-9-11(13)12(14)10-7-5-4-6-8-10/h4-8,11H,2-3,9,13H2,1H3/t11-/m0/s1. The number of rotatable bonds is 5. The molecule has 0 radical (unpaired) electrons. The molecule has 0 amide bonds. The zero-order valence-corrected chi connectivity index (χ0v) is 8.57. The van der Waals surface area contributed by atoms with Crippen LogP contribution in [0.1, 0.15) is 36.5 Å². The highest BCUT2D eigenvalue weighted by Crippen LogP contribution is 2.06. The molecule has 2 heteroatoms. The van der Waals surface area contributed by atoms with Crippen molar-refractivity contribution in [3.05, 3.63) is 35.9 Å². The number of unbranched alkanes of at least 4 members (excludes halogenated alkanes) is 1. The van der Waals surface area contributed by atoms with Gasteiger partial charge >= 0.3 is 0 Å². The molecule has 1 aromatic carbocycles. The van der Waals surface area contributed by atoms with Gasteiger partial charge in [0, 0.05) is 5.56 Å². The predicted octanol–water partition coefficient (Wildman–Crippen LogP) is 2.39. The molecule has 0 spiro atoms. The minimum atomic E-state index is -0.336. The number of hydrogen-bond donors (Lipinski definition) is 1. The summed E-state index contributed by atoms with van der Waals surface area (Å²) in [5.41, 5.74) is 6.50. The molecule has 0 aliphatic carbocycles. The number of hydrogen-bond acceptors (Lipinski definition) is 2. The molecule has 0 aliphatic heterocycles. The van der Waals surface area contributed by atoms with E-state index in [1.54, 1.807) is 0 Å². The fourth-order valence-electron chi connectivity index (χ4n) is 1.37. The Morgan fingerprint density at radius 3 is 2.57 bits per heavy atom. The van der Waals surface area contributed by atoms with Gasteiger partial charge in [0.05, 0.1) is 6.04 Å². The largest absolute Gasteiger partial charge is 0.321 e. The number of benzene rings is 1. The van der Waals surface area contributed by atoms with Crippen LogP contribution in [0.15, 0.2) is 30.3 Å². The van der Waals surface area contributed by atoms with Gasteiger partial charge in [-0.1, -0.05) is 50.1 Å². The van der Waals surface area contributed by atoms with E-state index in [4.69, 9.17) is 5.73 Å². The van der Waals surface area contributed by atoms with E-state index >= 15 is 0 Å². The van der Waals surface area contributed by atoms with Crippen LogP contribution in [-0.4, -0.2) is 11.8 Å². The average Bonchev–Trinajstić information content (AvgIpc) is 2.26. The molecule has 1 rings (SSSR count). The van der Waals surface area contributed by atoms with Gasteiger partial charge in [0.25, 0.3) is 0 Å². The number of nitrogens with two attached hydrogens (primary N) is 1. The number of carbonyl (C=O) groups is 1. The van der Waals surface area contributed by atoms with Crippen LogP contribution in [0.3, 0.4) is 0 Å². The van der Waals surface area contributed by atoms with Crippen LogP contribution in [0.5, 0.6) is 0 Å². The van der Waals surface area contributed by atoms with E-state index in [-0.39, 0.29) is 11.8 Å². The molecule has 0 unspecified atom stereocenters.